The molecular weight excluding hydrogens is 370 g/mol. The zero-order valence-electron chi connectivity index (χ0n) is 14.2. The molecule has 3 rings (SSSR count). The van der Waals surface area contributed by atoms with Gasteiger partial charge in [0.2, 0.25) is 0 Å². The smallest absolute Gasteiger partial charge is 0.273 e. The van der Waals surface area contributed by atoms with Gasteiger partial charge in [0.1, 0.15) is 12.4 Å². The first-order valence-corrected chi connectivity index (χ1v) is 9.79. The van der Waals surface area contributed by atoms with E-state index in [-0.39, 0.29) is 35.1 Å². The Morgan fingerprint density at radius 2 is 1.78 bits per heavy atom. The lowest BCUT2D eigenvalue weighted by atomic mass is 10.1. The summed E-state index contributed by atoms with van der Waals surface area (Å²) in [6.45, 7) is -0.214. The molecule has 140 valence electrons. The van der Waals surface area contributed by atoms with Gasteiger partial charge in [-0.2, -0.15) is 0 Å². The van der Waals surface area contributed by atoms with Gasteiger partial charge in [-0.25, -0.2) is 8.42 Å². The van der Waals surface area contributed by atoms with Crippen molar-refractivity contribution in [2.24, 2.45) is 0 Å². The fourth-order valence-electron chi connectivity index (χ4n) is 2.86. The number of nitro benzene ring substituents is 1. The Kier molecular flexibility index (Phi) is 5.38. The van der Waals surface area contributed by atoms with Gasteiger partial charge in [0.15, 0.2) is 9.84 Å². The number of fused-ring (bicyclic) bond motifs is 1. The average molecular weight is 387 g/mol. The predicted octanol–water partition coefficient (Wildman–Crippen LogP) is 3.09. The second kappa shape index (κ2) is 7.73. The summed E-state index contributed by atoms with van der Waals surface area (Å²) in [5, 5.41) is 21.5. The average Bonchev–Trinajstić information content (AvgIpc) is 2.65. The molecule has 0 unspecified atom stereocenters. The molecule has 0 heterocycles. The first-order chi connectivity index (χ1) is 12.9. The van der Waals surface area contributed by atoms with Gasteiger partial charge >= 0.3 is 0 Å². The molecule has 0 aromatic heterocycles. The molecule has 7 nitrogen and oxygen atoms in total. The quantitative estimate of drug-likeness (QED) is 0.493. The number of ether oxygens (including phenoxy) is 1. The second-order valence-corrected chi connectivity index (χ2v) is 7.81. The molecule has 0 atom stereocenters. The minimum absolute atomic E-state index is 0.00727. The van der Waals surface area contributed by atoms with Crippen LogP contribution in [-0.2, 0) is 15.6 Å². The minimum atomic E-state index is -3.84. The highest BCUT2D eigenvalue weighted by molar-refractivity contribution is 7.90. The summed E-state index contributed by atoms with van der Waals surface area (Å²) < 4.78 is 31.3. The molecule has 0 fully saturated rings. The molecule has 0 saturated carbocycles. The largest absolute Gasteiger partial charge is 0.491 e. The highest BCUT2D eigenvalue weighted by Gasteiger charge is 2.24. The fraction of sp³-hybridized carbons (Fsp3) is 0.158. The molecular formula is C19H17NO6S. The topological polar surface area (TPSA) is 107 Å². The standard InChI is InChI=1S/C19H17NO6S/c21-10-11-26-16-8-9-18(20(22)23)15(12-16)13-27(24,25)19-7-3-5-14-4-1-2-6-17(14)19/h1-9,12,21H,10-11,13H2. The number of aliphatic hydroxyl groups excluding tert-OH is 1. The molecule has 3 aromatic carbocycles. The number of hydrogen-bond acceptors (Lipinski definition) is 6. The molecule has 0 aliphatic rings. The van der Waals surface area contributed by atoms with Crippen molar-refractivity contribution in [2.75, 3.05) is 13.2 Å². The van der Waals surface area contributed by atoms with Crippen molar-refractivity contribution in [3.63, 3.8) is 0 Å². The Bertz CT molecular complexity index is 1090. The van der Waals surface area contributed by atoms with Crippen molar-refractivity contribution >= 4 is 26.3 Å². The number of nitro groups is 1. The minimum Gasteiger partial charge on any atom is -0.491 e. The van der Waals surface area contributed by atoms with E-state index in [0.29, 0.717) is 5.39 Å². The van der Waals surface area contributed by atoms with Gasteiger partial charge in [-0.3, -0.25) is 10.1 Å². The lowest BCUT2D eigenvalue weighted by molar-refractivity contribution is -0.385. The van der Waals surface area contributed by atoms with E-state index < -0.39 is 20.5 Å². The van der Waals surface area contributed by atoms with Crippen LogP contribution in [0, 0.1) is 10.1 Å². The summed E-state index contributed by atoms with van der Waals surface area (Å²) in [6, 6.07) is 15.9. The first-order valence-electron chi connectivity index (χ1n) is 8.14. The van der Waals surface area contributed by atoms with Gasteiger partial charge in [-0.15, -0.1) is 0 Å². The van der Waals surface area contributed by atoms with E-state index in [1.807, 2.05) is 6.07 Å². The molecule has 27 heavy (non-hydrogen) atoms. The van der Waals surface area contributed by atoms with Crippen LogP contribution in [0.15, 0.2) is 65.6 Å². The number of rotatable bonds is 7. The molecule has 1 N–H and O–H groups in total. The van der Waals surface area contributed by atoms with Crippen LogP contribution in [-0.4, -0.2) is 31.7 Å². The number of benzene rings is 3. The van der Waals surface area contributed by atoms with Crippen LogP contribution in [0.25, 0.3) is 10.8 Å². The summed E-state index contributed by atoms with van der Waals surface area (Å²) in [5.74, 6) is -0.272. The Hall–Kier alpha value is -2.97. The van der Waals surface area contributed by atoms with Gasteiger partial charge in [0, 0.05) is 17.0 Å². The van der Waals surface area contributed by atoms with Crippen molar-refractivity contribution in [1.82, 2.24) is 0 Å². The summed E-state index contributed by atoms with van der Waals surface area (Å²) in [5.41, 5.74) is -0.265. The van der Waals surface area contributed by atoms with E-state index in [9.17, 15) is 18.5 Å². The zero-order valence-corrected chi connectivity index (χ0v) is 15.1. The van der Waals surface area contributed by atoms with Gasteiger partial charge in [-0.1, -0.05) is 36.4 Å². The molecule has 8 heteroatoms. The lowest BCUT2D eigenvalue weighted by Crippen LogP contribution is -2.09. The Labute approximate surface area is 155 Å². The monoisotopic (exact) mass is 387 g/mol. The van der Waals surface area contributed by atoms with E-state index in [1.165, 1.54) is 24.3 Å². The molecule has 0 amide bonds. The van der Waals surface area contributed by atoms with Crippen LogP contribution >= 0.6 is 0 Å². The van der Waals surface area contributed by atoms with Crippen molar-refractivity contribution in [3.8, 4) is 5.75 Å². The maximum absolute atomic E-state index is 13.0. The SMILES string of the molecule is O=[N+]([O-])c1ccc(OCCO)cc1CS(=O)(=O)c1cccc2ccccc12. The van der Waals surface area contributed by atoms with E-state index in [1.54, 1.807) is 30.3 Å². The van der Waals surface area contributed by atoms with Crippen LogP contribution in [0.3, 0.4) is 0 Å². The van der Waals surface area contributed by atoms with Gasteiger partial charge in [0.05, 0.1) is 22.2 Å². The fourth-order valence-corrected chi connectivity index (χ4v) is 4.46. The highest BCUT2D eigenvalue weighted by Crippen LogP contribution is 2.30. The number of hydrogen-bond donors (Lipinski definition) is 1. The number of sulfone groups is 1. The maximum Gasteiger partial charge on any atom is 0.273 e. The summed E-state index contributed by atoms with van der Waals surface area (Å²) in [4.78, 5) is 10.8. The second-order valence-electron chi connectivity index (χ2n) is 5.86. The summed E-state index contributed by atoms with van der Waals surface area (Å²) in [6.07, 6.45) is 0. The molecule has 3 aromatic rings. The van der Waals surface area contributed by atoms with Crippen molar-refractivity contribution in [3.05, 3.63) is 76.3 Å². The van der Waals surface area contributed by atoms with Crippen LogP contribution in [0.5, 0.6) is 5.75 Å². The zero-order chi connectivity index (χ0) is 19.4. The number of nitrogens with zero attached hydrogens (tertiary/aromatic N) is 1. The van der Waals surface area contributed by atoms with Gasteiger partial charge in [-0.05, 0) is 23.6 Å². The van der Waals surface area contributed by atoms with Crippen molar-refractivity contribution in [1.29, 1.82) is 0 Å². The van der Waals surface area contributed by atoms with Gasteiger partial charge < -0.3 is 9.84 Å². The molecule has 0 aliphatic heterocycles. The third-order valence-corrected chi connectivity index (χ3v) is 5.76. The first kappa shape index (κ1) is 18.8. The summed E-state index contributed by atoms with van der Waals surface area (Å²) >= 11 is 0. The molecule has 0 aliphatic carbocycles. The van der Waals surface area contributed by atoms with E-state index in [0.717, 1.165) is 5.39 Å². The summed E-state index contributed by atoms with van der Waals surface area (Å²) in [7, 11) is -3.84. The Morgan fingerprint density at radius 1 is 1.04 bits per heavy atom. The molecule has 0 saturated heterocycles. The van der Waals surface area contributed by atoms with Crippen molar-refractivity contribution in [2.45, 2.75) is 10.6 Å². The predicted molar refractivity (Wildman–Crippen MR) is 101 cm³/mol. The molecule has 0 bridgehead atoms. The van der Waals surface area contributed by atoms with Crippen LogP contribution in [0.1, 0.15) is 5.56 Å². The van der Waals surface area contributed by atoms with Crippen molar-refractivity contribution < 1.29 is 23.2 Å². The Balaban J connectivity index is 2.05. The lowest BCUT2D eigenvalue weighted by Gasteiger charge is -2.10. The van der Waals surface area contributed by atoms with Crippen LogP contribution < -0.4 is 4.74 Å². The Morgan fingerprint density at radius 3 is 2.52 bits per heavy atom. The molecule has 0 spiro atoms. The maximum atomic E-state index is 13.0. The van der Waals surface area contributed by atoms with E-state index in [2.05, 4.69) is 0 Å². The highest BCUT2D eigenvalue weighted by atomic mass is 32.2. The number of aliphatic hydroxyl groups is 1. The normalized spacial score (nSPS) is 11.4. The van der Waals surface area contributed by atoms with Crippen LogP contribution in [0.4, 0.5) is 5.69 Å². The molecule has 0 radical (unpaired) electrons. The van der Waals surface area contributed by atoms with Gasteiger partial charge in [0.25, 0.3) is 5.69 Å². The third kappa shape index (κ3) is 4.07. The van der Waals surface area contributed by atoms with E-state index >= 15 is 0 Å². The van der Waals surface area contributed by atoms with E-state index in [4.69, 9.17) is 9.84 Å². The van der Waals surface area contributed by atoms with Crippen LogP contribution in [0.2, 0.25) is 0 Å². The third-order valence-electron chi connectivity index (χ3n) is 4.04.